The van der Waals surface area contributed by atoms with Crippen LogP contribution in [0.4, 0.5) is 0 Å². The molecule has 2 aliphatic heterocycles. The van der Waals surface area contributed by atoms with E-state index in [9.17, 15) is 0 Å². The van der Waals surface area contributed by atoms with Crippen molar-refractivity contribution in [3.05, 3.63) is 24.2 Å². The molecule has 0 amide bonds. The molecule has 2 aliphatic rings. The van der Waals surface area contributed by atoms with E-state index in [0.717, 1.165) is 25.3 Å². The van der Waals surface area contributed by atoms with Crippen LogP contribution in [0, 0.1) is 0 Å². The Kier molecular flexibility index (Phi) is 4.21. The molecular formula is C15H24N2O2. The van der Waals surface area contributed by atoms with Crippen LogP contribution in [-0.2, 0) is 4.74 Å². The van der Waals surface area contributed by atoms with Gasteiger partial charge in [-0.3, -0.25) is 4.90 Å². The number of rotatable bonds is 5. The molecule has 0 aliphatic carbocycles. The molecule has 0 radical (unpaired) electrons. The van der Waals surface area contributed by atoms with Crippen molar-refractivity contribution >= 4 is 0 Å². The van der Waals surface area contributed by atoms with E-state index in [2.05, 4.69) is 23.2 Å². The fourth-order valence-electron chi connectivity index (χ4n) is 3.21. The van der Waals surface area contributed by atoms with Crippen molar-refractivity contribution in [1.29, 1.82) is 0 Å². The minimum atomic E-state index is 0.329. The maximum atomic E-state index is 5.64. The molecule has 4 nitrogen and oxygen atoms in total. The molecule has 0 aromatic carbocycles. The molecule has 3 atom stereocenters. The lowest BCUT2D eigenvalue weighted by atomic mass is 10.1. The Balaban J connectivity index is 1.62. The topological polar surface area (TPSA) is 37.6 Å². The zero-order chi connectivity index (χ0) is 13.1. The number of hydrogen-bond donors (Lipinski definition) is 1. The van der Waals surface area contributed by atoms with Crippen molar-refractivity contribution in [2.24, 2.45) is 0 Å². The largest absolute Gasteiger partial charge is 0.468 e. The molecule has 1 N–H and O–H groups in total. The van der Waals surface area contributed by atoms with Gasteiger partial charge in [0.15, 0.2) is 0 Å². The standard InChI is InChI=1S/C15H24N2O2/c1-12-13(6-10-18-12)16-11-14(15-5-4-9-19-15)17-7-2-3-8-17/h4-5,9,12-14,16H,2-3,6-8,10-11H2,1H3. The van der Waals surface area contributed by atoms with Crippen molar-refractivity contribution in [3.8, 4) is 0 Å². The van der Waals surface area contributed by atoms with E-state index < -0.39 is 0 Å². The van der Waals surface area contributed by atoms with Crippen molar-refractivity contribution in [2.75, 3.05) is 26.2 Å². The van der Waals surface area contributed by atoms with E-state index >= 15 is 0 Å². The number of nitrogens with one attached hydrogen (secondary N) is 1. The molecular weight excluding hydrogens is 240 g/mol. The SMILES string of the molecule is CC1OCCC1NCC(c1ccco1)N1CCCC1. The van der Waals surface area contributed by atoms with Crippen LogP contribution in [0.25, 0.3) is 0 Å². The second-order valence-electron chi connectivity index (χ2n) is 5.65. The molecule has 1 aromatic heterocycles. The van der Waals surface area contributed by atoms with Gasteiger partial charge in [0.1, 0.15) is 5.76 Å². The second kappa shape index (κ2) is 6.07. The summed E-state index contributed by atoms with van der Waals surface area (Å²) in [4.78, 5) is 2.53. The monoisotopic (exact) mass is 264 g/mol. The van der Waals surface area contributed by atoms with E-state index in [1.54, 1.807) is 6.26 Å². The summed E-state index contributed by atoms with van der Waals surface area (Å²) < 4.78 is 11.3. The predicted molar refractivity (Wildman–Crippen MR) is 74.1 cm³/mol. The molecule has 0 bridgehead atoms. The van der Waals surface area contributed by atoms with E-state index in [1.807, 2.05) is 6.07 Å². The molecule has 3 rings (SSSR count). The minimum absolute atomic E-state index is 0.329. The van der Waals surface area contributed by atoms with Crippen molar-refractivity contribution in [2.45, 2.75) is 44.4 Å². The zero-order valence-electron chi connectivity index (χ0n) is 11.7. The fraction of sp³-hybridized carbons (Fsp3) is 0.733. The minimum Gasteiger partial charge on any atom is -0.468 e. The first-order chi connectivity index (χ1) is 9.34. The average molecular weight is 264 g/mol. The van der Waals surface area contributed by atoms with Gasteiger partial charge in [0.2, 0.25) is 0 Å². The lowest BCUT2D eigenvalue weighted by Crippen LogP contribution is -2.41. The van der Waals surface area contributed by atoms with Crippen LogP contribution >= 0.6 is 0 Å². The molecule has 1 aromatic rings. The van der Waals surface area contributed by atoms with Crippen LogP contribution in [-0.4, -0.2) is 43.3 Å². The first kappa shape index (κ1) is 13.2. The molecule has 3 heterocycles. The summed E-state index contributed by atoms with van der Waals surface area (Å²) in [7, 11) is 0. The highest BCUT2D eigenvalue weighted by Crippen LogP contribution is 2.25. The Hall–Kier alpha value is -0.840. The average Bonchev–Trinajstić information content (AvgIpc) is 3.13. The molecule has 106 valence electrons. The number of nitrogens with zero attached hydrogens (tertiary/aromatic N) is 1. The molecule has 3 unspecified atom stereocenters. The summed E-state index contributed by atoms with van der Waals surface area (Å²) in [5, 5.41) is 3.67. The smallest absolute Gasteiger partial charge is 0.122 e. The predicted octanol–water partition coefficient (Wildman–Crippen LogP) is 2.18. The van der Waals surface area contributed by atoms with Gasteiger partial charge in [-0.25, -0.2) is 0 Å². The molecule has 2 saturated heterocycles. The Labute approximate surface area is 115 Å². The van der Waals surface area contributed by atoms with E-state index in [1.165, 1.54) is 25.9 Å². The summed E-state index contributed by atoms with van der Waals surface area (Å²) >= 11 is 0. The van der Waals surface area contributed by atoms with Crippen molar-refractivity contribution < 1.29 is 9.15 Å². The lowest BCUT2D eigenvalue weighted by Gasteiger charge is -2.28. The Morgan fingerprint density at radius 2 is 2.26 bits per heavy atom. The van der Waals surface area contributed by atoms with Gasteiger partial charge in [-0.1, -0.05) is 0 Å². The molecule has 0 saturated carbocycles. The van der Waals surface area contributed by atoms with Gasteiger partial charge < -0.3 is 14.5 Å². The van der Waals surface area contributed by atoms with Gasteiger partial charge in [0.25, 0.3) is 0 Å². The molecule has 4 heteroatoms. The summed E-state index contributed by atoms with van der Waals surface area (Å²) in [6, 6.07) is 4.93. The zero-order valence-corrected chi connectivity index (χ0v) is 11.7. The Morgan fingerprint density at radius 1 is 1.42 bits per heavy atom. The Morgan fingerprint density at radius 3 is 2.89 bits per heavy atom. The quantitative estimate of drug-likeness (QED) is 0.884. The van der Waals surface area contributed by atoms with Gasteiger partial charge in [0, 0.05) is 19.2 Å². The number of ether oxygens (including phenoxy) is 1. The van der Waals surface area contributed by atoms with Crippen LogP contribution in [0.1, 0.15) is 38.0 Å². The van der Waals surface area contributed by atoms with Crippen LogP contribution < -0.4 is 5.32 Å². The van der Waals surface area contributed by atoms with Gasteiger partial charge in [-0.05, 0) is 51.4 Å². The molecule has 19 heavy (non-hydrogen) atoms. The van der Waals surface area contributed by atoms with Gasteiger partial charge in [0.05, 0.1) is 18.4 Å². The maximum absolute atomic E-state index is 5.64. The van der Waals surface area contributed by atoms with Gasteiger partial charge in [-0.2, -0.15) is 0 Å². The highest BCUT2D eigenvalue weighted by Gasteiger charge is 2.29. The van der Waals surface area contributed by atoms with E-state index in [0.29, 0.717) is 18.2 Å². The first-order valence-corrected chi connectivity index (χ1v) is 7.47. The third-order valence-electron chi connectivity index (χ3n) is 4.40. The number of furan rings is 1. The maximum Gasteiger partial charge on any atom is 0.122 e. The molecule has 2 fully saturated rings. The van der Waals surface area contributed by atoms with Crippen LogP contribution in [0.2, 0.25) is 0 Å². The highest BCUT2D eigenvalue weighted by molar-refractivity contribution is 5.06. The summed E-state index contributed by atoms with van der Waals surface area (Å²) in [5.74, 6) is 1.08. The van der Waals surface area contributed by atoms with Gasteiger partial charge >= 0.3 is 0 Å². The van der Waals surface area contributed by atoms with Crippen molar-refractivity contribution in [1.82, 2.24) is 10.2 Å². The van der Waals surface area contributed by atoms with Crippen LogP contribution in [0.5, 0.6) is 0 Å². The summed E-state index contributed by atoms with van der Waals surface area (Å²) in [6.07, 6.45) is 5.84. The highest BCUT2D eigenvalue weighted by atomic mass is 16.5. The van der Waals surface area contributed by atoms with Gasteiger partial charge in [-0.15, -0.1) is 0 Å². The summed E-state index contributed by atoms with van der Waals surface area (Å²) in [5.41, 5.74) is 0. The fourth-order valence-corrected chi connectivity index (χ4v) is 3.21. The molecule has 0 spiro atoms. The third kappa shape index (κ3) is 3.02. The Bertz CT molecular complexity index is 374. The van der Waals surface area contributed by atoms with Crippen molar-refractivity contribution in [3.63, 3.8) is 0 Å². The van der Waals surface area contributed by atoms with E-state index in [4.69, 9.17) is 9.15 Å². The number of likely N-dealkylation sites (tertiary alicyclic amines) is 1. The lowest BCUT2D eigenvalue weighted by molar-refractivity contribution is 0.110. The third-order valence-corrected chi connectivity index (χ3v) is 4.40. The first-order valence-electron chi connectivity index (χ1n) is 7.47. The normalized spacial score (nSPS) is 29.9. The van der Waals surface area contributed by atoms with E-state index in [-0.39, 0.29) is 0 Å². The van der Waals surface area contributed by atoms with Crippen LogP contribution in [0.3, 0.4) is 0 Å². The second-order valence-corrected chi connectivity index (χ2v) is 5.65. The summed E-state index contributed by atoms with van der Waals surface area (Å²) in [6.45, 7) is 6.36. The van der Waals surface area contributed by atoms with Crippen LogP contribution in [0.15, 0.2) is 22.8 Å². The number of hydrogen-bond acceptors (Lipinski definition) is 4.